The smallest absolute Gasteiger partial charge is 0.341 e. The Balaban J connectivity index is 1.27. The SMILES string of the molecule is O=C(O)c1cn(-c2ccc3c(c2)CCC3)c2nc(Nc3ccc(CCN4CCC[C@@H](O)C4)cc3)ncc2c1=O. The van der Waals surface area contributed by atoms with Gasteiger partial charge in [0.1, 0.15) is 5.56 Å². The van der Waals surface area contributed by atoms with Gasteiger partial charge in [0.25, 0.3) is 0 Å². The fourth-order valence-electron chi connectivity index (χ4n) is 5.63. The standard InChI is InChI=1S/C30H31N5O4/c36-24-5-2-13-34(17-24)14-12-19-6-9-22(10-7-19)32-30-31-16-25-27(37)26(29(38)39)18-35(28(25)33-30)23-11-8-20-3-1-4-21(20)15-23/h6-11,15-16,18,24,36H,1-5,12-14,17H2,(H,38,39)(H,31,32,33)/t24-/m1/s1. The number of nitrogens with one attached hydrogen (secondary N) is 1. The van der Waals surface area contributed by atoms with Gasteiger partial charge < -0.3 is 25.0 Å². The number of fused-ring (bicyclic) bond motifs is 2. The molecule has 0 saturated carbocycles. The van der Waals surface area contributed by atoms with E-state index in [0.29, 0.717) is 11.6 Å². The lowest BCUT2D eigenvalue weighted by Gasteiger charge is -2.29. The molecule has 1 fully saturated rings. The van der Waals surface area contributed by atoms with Gasteiger partial charge in [0, 0.05) is 36.9 Å². The number of aliphatic hydroxyl groups is 1. The minimum absolute atomic E-state index is 0.152. The lowest BCUT2D eigenvalue weighted by Crippen LogP contribution is -2.39. The number of pyridine rings is 1. The Bertz CT molecular complexity index is 1600. The molecular formula is C30H31N5O4. The van der Waals surface area contributed by atoms with Gasteiger partial charge in [-0.1, -0.05) is 18.2 Å². The second kappa shape index (κ2) is 10.6. The molecule has 9 nitrogen and oxygen atoms in total. The van der Waals surface area contributed by atoms with Crippen LogP contribution < -0.4 is 10.7 Å². The second-order valence-electron chi connectivity index (χ2n) is 10.5. The number of aryl methyl sites for hydroxylation is 2. The third-order valence-corrected chi connectivity index (χ3v) is 7.74. The zero-order valence-corrected chi connectivity index (χ0v) is 21.6. The van der Waals surface area contributed by atoms with Gasteiger partial charge in [0.05, 0.1) is 11.5 Å². The minimum Gasteiger partial charge on any atom is -0.477 e. The highest BCUT2D eigenvalue weighted by molar-refractivity contribution is 5.92. The molecular weight excluding hydrogens is 494 g/mol. The van der Waals surface area contributed by atoms with Crippen molar-refractivity contribution >= 4 is 28.6 Å². The molecule has 200 valence electrons. The number of rotatable bonds is 7. The summed E-state index contributed by atoms with van der Waals surface area (Å²) in [5, 5.41) is 22.9. The number of hydrogen-bond donors (Lipinski definition) is 3. The van der Waals surface area contributed by atoms with Gasteiger partial charge in [-0.25, -0.2) is 9.78 Å². The van der Waals surface area contributed by atoms with E-state index in [9.17, 15) is 19.8 Å². The highest BCUT2D eigenvalue weighted by Crippen LogP contribution is 2.26. The molecule has 1 aliphatic heterocycles. The van der Waals surface area contributed by atoms with Crippen LogP contribution in [0.3, 0.4) is 0 Å². The molecule has 0 radical (unpaired) electrons. The van der Waals surface area contributed by atoms with Crippen molar-refractivity contribution in [2.75, 3.05) is 25.0 Å². The molecule has 1 atom stereocenters. The molecule has 3 N–H and O–H groups in total. The molecule has 0 amide bonds. The highest BCUT2D eigenvalue weighted by atomic mass is 16.4. The monoisotopic (exact) mass is 525 g/mol. The van der Waals surface area contributed by atoms with Crippen LogP contribution in [-0.4, -0.2) is 61.4 Å². The minimum atomic E-state index is -1.28. The van der Waals surface area contributed by atoms with Crippen molar-refractivity contribution in [3.63, 3.8) is 0 Å². The van der Waals surface area contributed by atoms with E-state index in [-0.39, 0.29) is 17.1 Å². The summed E-state index contributed by atoms with van der Waals surface area (Å²) in [7, 11) is 0. The van der Waals surface area contributed by atoms with Crippen molar-refractivity contribution in [3.8, 4) is 5.69 Å². The third kappa shape index (κ3) is 5.28. The first-order valence-electron chi connectivity index (χ1n) is 13.5. The van der Waals surface area contributed by atoms with Gasteiger partial charge in [-0.2, -0.15) is 4.98 Å². The van der Waals surface area contributed by atoms with Crippen molar-refractivity contribution in [1.29, 1.82) is 0 Å². The number of carbonyl (C=O) groups is 1. The Morgan fingerprint density at radius 2 is 1.90 bits per heavy atom. The number of anilines is 2. The number of piperidine rings is 1. The van der Waals surface area contributed by atoms with Gasteiger partial charge in [-0.15, -0.1) is 0 Å². The zero-order chi connectivity index (χ0) is 26.9. The van der Waals surface area contributed by atoms with Gasteiger partial charge >= 0.3 is 5.97 Å². The maximum atomic E-state index is 12.9. The largest absolute Gasteiger partial charge is 0.477 e. The van der Waals surface area contributed by atoms with Crippen LogP contribution in [0, 0.1) is 0 Å². The van der Waals surface area contributed by atoms with Crippen LogP contribution in [0.25, 0.3) is 16.7 Å². The van der Waals surface area contributed by atoms with Crippen LogP contribution in [0.15, 0.2) is 59.7 Å². The Labute approximate surface area is 225 Å². The van der Waals surface area contributed by atoms with Crippen LogP contribution >= 0.6 is 0 Å². The number of carboxylic acids is 1. The summed E-state index contributed by atoms with van der Waals surface area (Å²) in [6, 6.07) is 14.1. The number of aromatic carboxylic acids is 1. The summed E-state index contributed by atoms with van der Waals surface area (Å²) in [6.07, 6.45) is 8.47. The van der Waals surface area contributed by atoms with Crippen molar-refractivity contribution in [1.82, 2.24) is 19.4 Å². The van der Waals surface area contributed by atoms with Gasteiger partial charge in [-0.3, -0.25) is 4.79 Å². The Morgan fingerprint density at radius 1 is 1.08 bits per heavy atom. The molecule has 4 aromatic rings. The summed E-state index contributed by atoms with van der Waals surface area (Å²) in [6.45, 7) is 2.68. The summed E-state index contributed by atoms with van der Waals surface area (Å²) in [5.41, 5.74) is 4.73. The quantitative estimate of drug-likeness (QED) is 0.334. The Morgan fingerprint density at radius 3 is 2.69 bits per heavy atom. The van der Waals surface area contributed by atoms with Crippen LogP contribution in [0.1, 0.15) is 46.3 Å². The van der Waals surface area contributed by atoms with Gasteiger partial charge in [0.15, 0.2) is 5.65 Å². The second-order valence-corrected chi connectivity index (χ2v) is 10.5. The van der Waals surface area contributed by atoms with E-state index in [1.54, 1.807) is 4.57 Å². The lowest BCUT2D eigenvalue weighted by atomic mass is 10.1. The predicted molar refractivity (Wildman–Crippen MR) is 149 cm³/mol. The third-order valence-electron chi connectivity index (χ3n) is 7.74. The van der Waals surface area contributed by atoms with E-state index in [2.05, 4.69) is 44.5 Å². The molecule has 0 bridgehead atoms. The van der Waals surface area contributed by atoms with Crippen molar-refractivity contribution in [2.45, 2.75) is 44.6 Å². The summed E-state index contributed by atoms with van der Waals surface area (Å²) >= 11 is 0. The van der Waals surface area contributed by atoms with Crippen LogP contribution in [0.2, 0.25) is 0 Å². The lowest BCUT2D eigenvalue weighted by molar-refractivity contribution is 0.0694. The number of β-amino-alcohol motifs (C(OH)–C–C–N with tert-alkyl or cyclic N) is 1. The average Bonchev–Trinajstić information content (AvgIpc) is 3.41. The molecule has 1 saturated heterocycles. The van der Waals surface area contributed by atoms with Crippen molar-refractivity contribution in [3.05, 3.63) is 87.3 Å². The number of aliphatic hydroxyl groups excluding tert-OH is 1. The maximum absolute atomic E-state index is 12.9. The molecule has 1 aliphatic carbocycles. The Hall–Kier alpha value is -4.08. The van der Waals surface area contributed by atoms with E-state index in [4.69, 9.17) is 0 Å². The van der Waals surface area contributed by atoms with Gasteiger partial charge in [0.2, 0.25) is 11.4 Å². The van der Waals surface area contributed by atoms with E-state index >= 15 is 0 Å². The normalized spacial score (nSPS) is 17.3. The van der Waals surface area contributed by atoms with E-state index < -0.39 is 11.4 Å². The first kappa shape index (κ1) is 25.2. The van der Waals surface area contributed by atoms with E-state index in [1.165, 1.54) is 29.1 Å². The average molecular weight is 526 g/mol. The Kier molecular flexibility index (Phi) is 6.85. The first-order valence-corrected chi connectivity index (χ1v) is 13.5. The highest BCUT2D eigenvalue weighted by Gasteiger charge is 2.20. The number of hydrogen-bond acceptors (Lipinski definition) is 7. The predicted octanol–water partition coefficient (Wildman–Crippen LogP) is 3.71. The fraction of sp³-hybridized carbons (Fsp3) is 0.333. The number of carboxylic acid groups (broad SMARTS) is 1. The molecule has 0 unspecified atom stereocenters. The fourth-order valence-corrected chi connectivity index (χ4v) is 5.63. The maximum Gasteiger partial charge on any atom is 0.341 e. The van der Waals surface area contributed by atoms with Crippen LogP contribution in [-0.2, 0) is 19.3 Å². The molecule has 9 heteroatoms. The molecule has 2 aromatic carbocycles. The van der Waals surface area contributed by atoms with E-state index in [0.717, 1.165) is 69.5 Å². The number of likely N-dealkylation sites (tertiary alicyclic amines) is 1. The van der Waals surface area contributed by atoms with Crippen molar-refractivity contribution < 1.29 is 15.0 Å². The van der Waals surface area contributed by atoms with Crippen molar-refractivity contribution in [2.24, 2.45) is 0 Å². The number of nitrogens with zero attached hydrogens (tertiary/aromatic N) is 4. The molecule has 2 aromatic heterocycles. The summed E-state index contributed by atoms with van der Waals surface area (Å²) in [4.78, 5) is 36.0. The van der Waals surface area contributed by atoms with Gasteiger partial charge in [-0.05, 0) is 86.0 Å². The topological polar surface area (TPSA) is 121 Å². The molecule has 6 rings (SSSR count). The van der Waals surface area contributed by atoms with E-state index in [1.807, 2.05) is 18.2 Å². The van der Waals surface area contributed by atoms with Crippen LogP contribution in [0.5, 0.6) is 0 Å². The summed E-state index contributed by atoms with van der Waals surface area (Å²) in [5.74, 6) is -0.967. The zero-order valence-electron chi connectivity index (χ0n) is 21.6. The number of aromatic nitrogens is 3. The first-order chi connectivity index (χ1) is 18.9. The molecule has 3 heterocycles. The molecule has 2 aliphatic rings. The molecule has 0 spiro atoms. The molecule has 39 heavy (non-hydrogen) atoms. The number of benzene rings is 2. The van der Waals surface area contributed by atoms with Crippen LogP contribution in [0.4, 0.5) is 11.6 Å². The summed E-state index contributed by atoms with van der Waals surface area (Å²) < 4.78 is 1.67.